The molecule has 7 heteroatoms. The second-order valence-electron chi connectivity index (χ2n) is 11.4. The summed E-state index contributed by atoms with van der Waals surface area (Å²) in [6.07, 6.45) is 9.58. The molecule has 1 aromatic carbocycles. The second-order valence-corrected chi connectivity index (χ2v) is 11.4. The van der Waals surface area contributed by atoms with Gasteiger partial charge in [-0.1, -0.05) is 32.6 Å². The molecule has 0 aromatic heterocycles. The van der Waals surface area contributed by atoms with Crippen molar-refractivity contribution in [2.24, 2.45) is 17.8 Å². The van der Waals surface area contributed by atoms with E-state index in [0.717, 1.165) is 38.3 Å². The Morgan fingerprint density at radius 3 is 2.50 bits per heavy atom. The summed E-state index contributed by atoms with van der Waals surface area (Å²) in [7, 11) is 3.57. The van der Waals surface area contributed by atoms with Crippen LogP contribution in [0.4, 0.5) is 5.69 Å². The molecule has 0 spiro atoms. The summed E-state index contributed by atoms with van der Waals surface area (Å²) in [4.78, 5) is 30.2. The van der Waals surface area contributed by atoms with Gasteiger partial charge in [-0.3, -0.25) is 14.5 Å². The molecular formula is C29H45N3O4. The summed E-state index contributed by atoms with van der Waals surface area (Å²) in [5.41, 5.74) is 1.21. The lowest BCUT2D eigenvalue weighted by molar-refractivity contribution is -0.122. The molecule has 0 unspecified atom stereocenters. The summed E-state index contributed by atoms with van der Waals surface area (Å²) in [5.74, 6) is 1.60. The molecule has 7 nitrogen and oxygen atoms in total. The number of anilines is 1. The van der Waals surface area contributed by atoms with Crippen molar-refractivity contribution in [3.63, 3.8) is 0 Å². The Labute approximate surface area is 216 Å². The fourth-order valence-electron chi connectivity index (χ4n) is 5.80. The van der Waals surface area contributed by atoms with Crippen molar-refractivity contribution in [2.45, 2.75) is 77.4 Å². The second kappa shape index (κ2) is 12.4. The first-order chi connectivity index (χ1) is 17.4. The zero-order valence-electron chi connectivity index (χ0n) is 22.6. The number of likely N-dealkylation sites (N-methyl/N-ethyl adjacent to an activating group) is 1. The van der Waals surface area contributed by atoms with Gasteiger partial charge in [-0.15, -0.1) is 0 Å². The lowest BCUT2D eigenvalue weighted by Gasteiger charge is -2.38. The standard InChI is InChI=1S/C29H45N3O4/c1-20-16-32(17-22-9-6-5-7-10-22)21(2)19-36-26-15-24(30-28(33)23-11-8-12-23)13-14-25(26)29(34)31(3)18-27(20)35-4/h13-15,20-23,27H,5-12,16-19H2,1-4H3,(H,30,33)/t20-,21+,27-/m0/s1. The van der Waals surface area contributed by atoms with Crippen molar-refractivity contribution >= 4 is 17.5 Å². The predicted molar refractivity (Wildman–Crippen MR) is 142 cm³/mol. The van der Waals surface area contributed by atoms with Crippen molar-refractivity contribution in [1.82, 2.24) is 9.80 Å². The molecule has 2 aliphatic carbocycles. The third kappa shape index (κ3) is 6.60. The van der Waals surface area contributed by atoms with Gasteiger partial charge in [0.05, 0.1) is 11.7 Å². The largest absolute Gasteiger partial charge is 0.491 e. The van der Waals surface area contributed by atoms with Crippen LogP contribution in [0.25, 0.3) is 0 Å². The molecular weight excluding hydrogens is 454 g/mol. The zero-order valence-corrected chi connectivity index (χ0v) is 22.6. The highest BCUT2D eigenvalue weighted by Crippen LogP contribution is 2.31. The number of amides is 2. The minimum absolute atomic E-state index is 0.0511. The highest BCUT2D eigenvalue weighted by Gasteiger charge is 2.30. The summed E-state index contributed by atoms with van der Waals surface area (Å²) < 4.78 is 12.2. The third-order valence-electron chi connectivity index (χ3n) is 8.54. The van der Waals surface area contributed by atoms with Gasteiger partial charge < -0.3 is 19.7 Å². The van der Waals surface area contributed by atoms with E-state index in [0.29, 0.717) is 30.2 Å². The number of benzene rings is 1. The Bertz CT molecular complexity index is 897. The maximum absolute atomic E-state index is 13.4. The van der Waals surface area contributed by atoms with E-state index in [1.165, 1.54) is 32.1 Å². The van der Waals surface area contributed by atoms with Crippen LogP contribution in [0.2, 0.25) is 0 Å². The molecule has 3 aliphatic rings. The highest BCUT2D eigenvalue weighted by atomic mass is 16.5. The average molecular weight is 500 g/mol. The Balaban J connectivity index is 1.57. The smallest absolute Gasteiger partial charge is 0.257 e. The molecule has 0 saturated heterocycles. The van der Waals surface area contributed by atoms with Crippen molar-refractivity contribution in [1.29, 1.82) is 0 Å². The van der Waals surface area contributed by atoms with Crippen molar-refractivity contribution in [3.05, 3.63) is 23.8 Å². The van der Waals surface area contributed by atoms with Gasteiger partial charge in [0.15, 0.2) is 0 Å². The van der Waals surface area contributed by atoms with Crippen LogP contribution >= 0.6 is 0 Å². The van der Waals surface area contributed by atoms with Crippen LogP contribution in [0, 0.1) is 17.8 Å². The number of nitrogens with zero attached hydrogens (tertiary/aromatic N) is 2. The van der Waals surface area contributed by atoms with Gasteiger partial charge >= 0.3 is 0 Å². The fraction of sp³-hybridized carbons (Fsp3) is 0.724. The van der Waals surface area contributed by atoms with Crippen molar-refractivity contribution < 1.29 is 19.1 Å². The van der Waals surface area contributed by atoms with Crippen LogP contribution in [0.5, 0.6) is 5.75 Å². The molecule has 3 atom stereocenters. The van der Waals surface area contributed by atoms with E-state index in [1.54, 1.807) is 18.1 Å². The topological polar surface area (TPSA) is 71.1 Å². The molecule has 0 bridgehead atoms. The summed E-state index contributed by atoms with van der Waals surface area (Å²) in [6, 6.07) is 5.61. The van der Waals surface area contributed by atoms with Gasteiger partial charge in [0.2, 0.25) is 5.91 Å². The predicted octanol–water partition coefficient (Wildman–Crippen LogP) is 4.81. The number of hydrogen-bond acceptors (Lipinski definition) is 5. The van der Waals surface area contributed by atoms with Crippen molar-refractivity contribution in [2.75, 3.05) is 45.7 Å². The maximum atomic E-state index is 13.4. The van der Waals surface area contributed by atoms with E-state index >= 15 is 0 Å². The van der Waals surface area contributed by atoms with Gasteiger partial charge in [-0.2, -0.15) is 0 Å². The zero-order chi connectivity index (χ0) is 25.7. The monoisotopic (exact) mass is 499 g/mol. The van der Waals surface area contributed by atoms with Crippen LogP contribution in [-0.2, 0) is 9.53 Å². The number of fused-ring (bicyclic) bond motifs is 1. The van der Waals surface area contributed by atoms with Crippen LogP contribution in [0.1, 0.15) is 75.6 Å². The first kappa shape index (κ1) is 26.9. The quantitative estimate of drug-likeness (QED) is 0.630. The lowest BCUT2D eigenvalue weighted by atomic mass is 9.85. The van der Waals surface area contributed by atoms with E-state index < -0.39 is 0 Å². The van der Waals surface area contributed by atoms with Gasteiger partial charge in [0.25, 0.3) is 5.91 Å². The Kier molecular flexibility index (Phi) is 9.29. The fourth-order valence-corrected chi connectivity index (χ4v) is 5.80. The van der Waals surface area contributed by atoms with Crippen LogP contribution in [-0.4, -0.2) is 74.2 Å². The average Bonchev–Trinajstić information content (AvgIpc) is 2.83. The first-order valence-corrected chi connectivity index (χ1v) is 14.0. The third-order valence-corrected chi connectivity index (χ3v) is 8.54. The molecule has 1 heterocycles. The summed E-state index contributed by atoms with van der Waals surface area (Å²) in [5, 5.41) is 3.03. The number of rotatable bonds is 5. The van der Waals surface area contributed by atoms with E-state index in [2.05, 4.69) is 24.1 Å². The SMILES string of the molecule is CO[C@H]1CN(C)C(=O)c2ccc(NC(=O)C3CCC3)cc2OC[C@@H](C)N(CC2CCCCC2)C[C@@H]1C. The summed E-state index contributed by atoms with van der Waals surface area (Å²) in [6.45, 7) is 7.43. The molecule has 1 aliphatic heterocycles. The van der Waals surface area contributed by atoms with Crippen LogP contribution in [0.3, 0.4) is 0 Å². The van der Waals surface area contributed by atoms with Gasteiger partial charge in [0, 0.05) is 57.5 Å². The molecule has 2 fully saturated rings. The molecule has 1 aromatic rings. The van der Waals surface area contributed by atoms with E-state index in [1.807, 2.05) is 19.2 Å². The van der Waals surface area contributed by atoms with Gasteiger partial charge in [-0.05, 0) is 56.6 Å². The van der Waals surface area contributed by atoms with Crippen molar-refractivity contribution in [3.8, 4) is 5.75 Å². The number of ether oxygens (including phenoxy) is 2. The lowest BCUT2D eigenvalue weighted by Crippen LogP contribution is -2.48. The van der Waals surface area contributed by atoms with Gasteiger partial charge in [-0.25, -0.2) is 0 Å². The highest BCUT2D eigenvalue weighted by molar-refractivity contribution is 5.99. The maximum Gasteiger partial charge on any atom is 0.257 e. The molecule has 0 radical (unpaired) electrons. The number of carbonyl (C=O) groups is 2. The minimum atomic E-state index is -0.0941. The Morgan fingerprint density at radius 2 is 1.83 bits per heavy atom. The summed E-state index contributed by atoms with van der Waals surface area (Å²) >= 11 is 0. The number of methoxy groups -OCH3 is 1. The number of carbonyl (C=O) groups excluding carboxylic acids is 2. The van der Waals surface area contributed by atoms with Crippen LogP contribution < -0.4 is 10.1 Å². The van der Waals surface area contributed by atoms with E-state index in [-0.39, 0.29) is 35.8 Å². The Hall–Kier alpha value is -2.12. The Morgan fingerprint density at radius 1 is 1.08 bits per heavy atom. The number of hydrogen-bond donors (Lipinski definition) is 1. The normalized spacial score (nSPS) is 27.3. The number of nitrogens with one attached hydrogen (secondary N) is 1. The molecule has 2 saturated carbocycles. The molecule has 2 amide bonds. The molecule has 36 heavy (non-hydrogen) atoms. The van der Waals surface area contributed by atoms with Gasteiger partial charge in [0.1, 0.15) is 12.4 Å². The molecule has 4 rings (SSSR count). The van der Waals surface area contributed by atoms with Crippen LogP contribution in [0.15, 0.2) is 18.2 Å². The van der Waals surface area contributed by atoms with E-state index in [4.69, 9.17) is 9.47 Å². The van der Waals surface area contributed by atoms with E-state index in [9.17, 15) is 9.59 Å². The molecule has 1 N–H and O–H groups in total. The molecule has 200 valence electrons. The first-order valence-electron chi connectivity index (χ1n) is 14.0. The minimum Gasteiger partial charge on any atom is -0.491 e.